The average molecular weight is 417 g/mol. The summed E-state index contributed by atoms with van der Waals surface area (Å²) in [4.78, 5) is 12.6. The van der Waals surface area contributed by atoms with Crippen molar-refractivity contribution in [2.24, 2.45) is 0 Å². The van der Waals surface area contributed by atoms with Crippen molar-refractivity contribution in [2.75, 3.05) is 12.4 Å². The van der Waals surface area contributed by atoms with Crippen LogP contribution >= 0.6 is 15.9 Å². The fourth-order valence-electron chi connectivity index (χ4n) is 2.46. The van der Waals surface area contributed by atoms with Gasteiger partial charge in [-0.25, -0.2) is 4.79 Å². The van der Waals surface area contributed by atoms with Crippen molar-refractivity contribution in [3.63, 3.8) is 0 Å². The van der Waals surface area contributed by atoms with Crippen LogP contribution in [-0.4, -0.2) is 24.6 Å². The molecular formula is C18H16BrF3O3. The normalized spacial score (nSPS) is 15.2. The maximum atomic E-state index is 13.8. The van der Waals surface area contributed by atoms with Crippen molar-refractivity contribution < 1.29 is 27.4 Å². The molecule has 0 aliphatic rings. The van der Waals surface area contributed by atoms with Gasteiger partial charge in [-0.05, 0) is 5.56 Å². The SMILES string of the molecule is CO[C@@](C(=O)OC(CBr)c1ccccc1)(c1ccccc1)C(F)(F)F. The van der Waals surface area contributed by atoms with E-state index in [1.54, 1.807) is 36.4 Å². The summed E-state index contributed by atoms with van der Waals surface area (Å²) in [6.45, 7) is 0. The number of methoxy groups -OCH3 is 1. The van der Waals surface area contributed by atoms with Crippen molar-refractivity contribution in [2.45, 2.75) is 17.9 Å². The van der Waals surface area contributed by atoms with E-state index in [9.17, 15) is 18.0 Å². The zero-order valence-corrected chi connectivity index (χ0v) is 14.9. The highest BCUT2D eigenvalue weighted by molar-refractivity contribution is 9.09. The first-order valence-corrected chi connectivity index (χ1v) is 8.48. The van der Waals surface area contributed by atoms with Crippen LogP contribution in [0.15, 0.2) is 60.7 Å². The van der Waals surface area contributed by atoms with Gasteiger partial charge < -0.3 is 9.47 Å². The molecule has 7 heteroatoms. The van der Waals surface area contributed by atoms with Crippen LogP contribution in [0.5, 0.6) is 0 Å². The lowest BCUT2D eigenvalue weighted by molar-refractivity contribution is -0.278. The zero-order valence-electron chi connectivity index (χ0n) is 13.3. The molecule has 2 rings (SSSR count). The van der Waals surface area contributed by atoms with E-state index in [2.05, 4.69) is 15.9 Å². The molecule has 0 aliphatic heterocycles. The number of halogens is 4. The fourth-order valence-corrected chi connectivity index (χ4v) is 2.96. The van der Waals surface area contributed by atoms with Gasteiger partial charge in [0, 0.05) is 18.0 Å². The third kappa shape index (κ3) is 3.88. The Morgan fingerprint density at radius 3 is 2.00 bits per heavy atom. The predicted octanol–water partition coefficient (Wildman–Crippen LogP) is 4.77. The van der Waals surface area contributed by atoms with Crippen molar-refractivity contribution >= 4 is 21.9 Å². The highest BCUT2D eigenvalue weighted by atomic mass is 79.9. The fraction of sp³-hybridized carbons (Fsp3) is 0.278. The van der Waals surface area contributed by atoms with E-state index in [4.69, 9.17) is 9.47 Å². The van der Waals surface area contributed by atoms with Gasteiger partial charge in [-0.15, -0.1) is 0 Å². The zero-order chi connectivity index (χ0) is 18.5. The summed E-state index contributed by atoms with van der Waals surface area (Å²) >= 11 is 3.18. The molecule has 2 aromatic carbocycles. The Balaban J connectivity index is 2.43. The summed E-state index contributed by atoms with van der Waals surface area (Å²) < 4.78 is 51.4. The summed E-state index contributed by atoms with van der Waals surface area (Å²) in [5, 5.41) is 0.148. The Morgan fingerprint density at radius 1 is 1.04 bits per heavy atom. The van der Waals surface area contributed by atoms with E-state index in [1.165, 1.54) is 24.3 Å². The number of rotatable bonds is 6. The smallest absolute Gasteiger partial charge is 0.432 e. The minimum absolute atomic E-state index is 0.148. The lowest BCUT2D eigenvalue weighted by Crippen LogP contribution is -2.52. The van der Waals surface area contributed by atoms with Gasteiger partial charge >= 0.3 is 12.1 Å². The second-order valence-electron chi connectivity index (χ2n) is 5.21. The maximum Gasteiger partial charge on any atom is 0.432 e. The third-order valence-electron chi connectivity index (χ3n) is 3.73. The number of esters is 1. The van der Waals surface area contributed by atoms with Crippen LogP contribution in [0.2, 0.25) is 0 Å². The Bertz CT molecular complexity index is 692. The summed E-state index contributed by atoms with van der Waals surface area (Å²) in [5.74, 6) is -1.51. The molecule has 2 aromatic rings. The first-order chi connectivity index (χ1) is 11.9. The van der Waals surface area contributed by atoms with E-state index >= 15 is 0 Å². The first kappa shape index (κ1) is 19.5. The van der Waals surface area contributed by atoms with Crippen LogP contribution in [0.25, 0.3) is 0 Å². The monoisotopic (exact) mass is 416 g/mol. The molecule has 0 saturated heterocycles. The van der Waals surface area contributed by atoms with Gasteiger partial charge in [0.15, 0.2) is 0 Å². The summed E-state index contributed by atoms with van der Waals surface area (Å²) in [5.41, 5.74) is -2.95. The quantitative estimate of drug-likeness (QED) is 0.502. The van der Waals surface area contributed by atoms with Gasteiger partial charge in [-0.2, -0.15) is 13.2 Å². The lowest BCUT2D eigenvalue weighted by atomic mass is 9.92. The van der Waals surface area contributed by atoms with Gasteiger partial charge in [-0.3, -0.25) is 0 Å². The van der Waals surface area contributed by atoms with Crippen molar-refractivity contribution in [3.05, 3.63) is 71.8 Å². The number of alkyl halides is 4. The molecule has 0 aromatic heterocycles. The second kappa shape index (κ2) is 8.01. The molecule has 0 heterocycles. The number of benzene rings is 2. The molecule has 25 heavy (non-hydrogen) atoms. The molecule has 0 amide bonds. The van der Waals surface area contributed by atoms with E-state index in [1.807, 2.05) is 0 Å². The van der Waals surface area contributed by atoms with E-state index in [0.29, 0.717) is 5.56 Å². The first-order valence-electron chi connectivity index (χ1n) is 7.36. The van der Waals surface area contributed by atoms with Gasteiger partial charge in [-0.1, -0.05) is 76.6 Å². The third-order valence-corrected chi connectivity index (χ3v) is 4.32. The van der Waals surface area contributed by atoms with E-state index in [-0.39, 0.29) is 10.9 Å². The molecular weight excluding hydrogens is 401 g/mol. The van der Waals surface area contributed by atoms with Crippen molar-refractivity contribution in [3.8, 4) is 0 Å². The largest absolute Gasteiger partial charge is 0.454 e. The van der Waals surface area contributed by atoms with Crippen molar-refractivity contribution in [1.29, 1.82) is 0 Å². The van der Waals surface area contributed by atoms with Crippen LogP contribution in [0.4, 0.5) is 13.2 Å². The number of hydrogen-bond acceptors (Lipinski definition) is 3. The molecule has 0 fully saturated rings. The molecule has 0 bridgehead atoms. The summed E-state index contributed by atoms with van der Waals surface area (Å²) in [6, 6.07) is 15.3. The second-order valence-corrected chi connectivity index (χ2v) is 5.86. The lowest BCUT2D eigenvalue weighted by Gasteiger charge is -2.33. The highest BCUT2D eigenvalue weighted by Crippen LogP contribution is 2.43. The number of hydrogen-bond donors (Lipinski definition) is 0. The molecule has 0 radical (unpaired) electrons. The number of ether oxygens (including phenoxy) is 2. The van der Waals surface area contributed by atoms with E-state index < -0.39 is 23.9 Å². The van der Waals surface area contributed by atoms with Crippen LogP contribution < -0.4 is 0 Å². The van der Waals surface area contributed by atoms with Gasteiger partial charge in [0.1, 0.15) is 6.10 Å². The minimum atomic E-state index is -4.99. The molecule has 0 saturated carbocycles. The minimum Gasteiger partial charge on any atom is -0.454 e. The highest BCUT2D eigenvalue weighted by Gasteiger charge is 2.64. The van der Waals surface area contributed by atoms with Crippen LogP contribution in [0.3, 0.4) is 0 Å². The van der Waals surface area contributed by atoms with Crippen LogP contribution in [0, 0.1) is 0 Å². The molecule has 0 N–H and O–H groups in total. The topological polar surface area (TPSA) is 35.5 Å². The van der Waals surface area contributed by atoms with Crippen LogP contribution in [-0.2, 0) is 19.9 Å². The van der Waals surface area contributed by atoms with Crippen LogP contribution in [0.1, 0.15) is 17.2 Å². The molecule has 134 valence electrons. The maximum absolute atomic E-state index is 13.8. The van der Waals surface area contributed by atoms with Gasteiger partial charge in [0.25, 0.3) is 5.60 Å². The van der Waals surface area contributed by atoms with E-state index in [0.717, 1.165) is 7.11 Å². The predicted molar refractivity (Wildman–Crippen MR) is 90.3 cm³/mol. The Morgan fingerprint density at radius 2 is 1.56 bits per heavy atom. The molecule has 0 spiro atoms. The Hall–Kier alpha value is -1.86. The standard InChI is InChI=1S/C18H16BrF3O3/c1-24-17(18(20,21)22,14-10-6-3-7-11-14)16(23)25-15(12-19)13-8-4-2-5-9-13/h2-11,15H,12H2,1H3/t15?,17-/m1/s1. The molecule has 0 aliphatic carbocycles. The Labute approximate surface area is 151 Å². The summed E-state index contributed by atoms with van der Waals surface area (Å²) in [6.07, 6.45) is -5.87. The summed E-state index contributed by atoms with van der Waals surface area (Å²) in [7, 11) is 0.841. The Kier molecular flexibility index (Phi) is 6.24. The van der Waals surface area contributed by atoms with Crippen molar-refractivity contribution in [1.82, 2.24) is 0 Å². The molecule has 3 nitrogen and oxygen atoms in total. The van der Waals surface area contributed by atoms with Gasteiger partial charge in [0.05, 0.1) is 0 Å². The molecule has 1 unspecified atom stereocenters. The molecule has 2 atom stereocenters. The number of carbonyl (C=O) groups is 1. The average Bonchev–Trinajstić information content (AvgIpc) is 2.61. The van der Waals surface area contributed by atoms with Gasteiger partial charge in [0.2, 0.25) is 0 Å². The number of carbonyl (C=O) groups excluding carboxylic acids is 1.